The van der Waals surface area contributed by atoms with E-state index in [1.54, 1.807) is 4.57 Å². The fraction of sp³-hybridized carbons (Fsp3) is 0.452. The first-order chi connectivity index (χ1) is 19.4. The van der Waals surface area contributed by atoms with E-state index in [2.05, 4.69) is 11.4 Å². The van der Waals surface area contributed by atoms with Crippen molar-refractivity contribution in [3.63, 3.8) is 0 Å². The number of aliphatic hydroxyl groups excluding tert-OH is 1. The Balaban J connectivity index is 1.70. The van der Waals surface area contributed by atoms with Gasteiger partial charge in [0.05, 0.1) is 6.10 Å². The molecular formula is C31H42N6O3. The number of aromatic nitrogens is 4. The second-order valence-electron chi connectivity index (χ2n) is 10.4. The summed E-state index contributed by atoms with van der Waals surface area (Å²) in [6, 6.07) is 17.9. The summed E-state index contributed by atoms with van der Waals surface area (Å²) in [6.45, 7) is 6.29. The number of aliphatic hydroxyl groups is 1. The zero-order valence-electron chi connectivity index (χ0n) is 23.7. The lowest BCUT2D eigenvalue weighted by atomic mass is 10.1. The van der Waals surface area contributed by atoms with Gasteiger partial charge in [-0.05, 0) is 55.4 Å². The summed E-state index contributed by atoms with van der Waals surface area (Å²) in [7, 11) is 0. The third-order valence-electron chi connectivity index (χ3n) is 7.26. The maximum atomic E-state index is 13.7. The molecule has 1 unspecified atom stereocenters. The van der Waals surface area contributed by atoms with Crippen molar-refractivity contribution in [3.8, 4) is 0 Å². The van der Waals surface area contributed by atoms with E-state index in [0.29, 0.717) is 63.2 Å². The molecule has 0 saturated carbocycles. The van der Waals surface area contributed by atoms with Gasteiger partial charge < -0.3 is 20.7 Å². The minimum absolute atomic E-state index is 0.293. The molecule has 0 bridgehead atoms. The van der Waals surface area contributed by atoms with Gasteiger partial charge in [0.1, 0.15) is 5.82 Å². The first-order valence-corrected chi connectivity index (χ1v) is 14.4. The lowest BCUT2D eigenvalue weighted by molar-refractivity contribution is 0.167. The van der Waals surface area contributed by atoms with E-state index in [1.807, 2.05) is 66.9 Å². The van der Waals surface area contributed by atoms with Crippen LogP contribution in [-0.4, -0.2) is 43.0 Å². The van der Waals surface area contributed by atoms with E-state index in [4.69, 9.17) is 10.7 Å². The molecule has 0 aliphatic rings. The van der Waals surface area contributed by atoms with E-state index in [-0.39, 0.29) is 11.2 Å². The van der Waals surface area contributed by atoms with Gasteiger partial charge in [-0.3, -0.25) is 13.9 Å². The van der Waals surface area contributed by atoms with Crippen LogP contribution in [0.15, 0.2) is 64.2 Å². The average molecular weight is 547 g/mol. The summed E-state index contributed by atoms with van der Waals surface area (Å²) in [4.78, 5) is 32.2. The number of imidazole rings is 1. The lowest BCUT2D eigenvalue weighted by Crippen LogP contribution is -2.41. The second-order valence-corrected chi connectivity index (χ2v) is 10.4. The quantitative estimate of drug-likeness (QED) is 0.155. The van der Waals surface area contributed by atoms with Crippen molar-refractivity contribution < 1.29 is 5.11 Å². The maximum Gasteiger partial charge on any atom is 0.332 e. The van der Waals surface area contributed by atoms with E-state index in [9.17, 15) is 14.7 Å². The van der Waals surface area contributed by atoms with E-state index < -0.39 is 6.10 Å². The Morgan fingerprint density at radius 1 is 0.925 bits per heavy atom. The molecule has 0 aliphatic carbocycles. The first kappa shape index (κ1) is 29.3. The van der Waals surface area contributed by atoms with Crippen molar-refractivity contribution in [1.29, 1.82) is 0 Å². The third-order valence-corrected chi connectivity index (χ3v) is 7.26. The molecule has 1 atom stereocenters. The van der Waals surface area contributed by atoms with Crippen LogP contribution in [0, 0.1) is 0 Å². The normalized spacial score (nSPS) is 12.3. The Morgan fingerprint density at radius 3 is 2.42 bits per heavy atom. The van der Waals surface area contributed by atoms with E-state index in [1.165, 1.54) is 10.1 Å². The summed E-state index contributed by atoms with van der Waals surface area (Å²) in [6.07, 6.45) is 3.99. The Morgan fingerprint density at radius 2 is 1.70 bits per heavy atom. The first-order valence-electron chi connectivity index (χ1n) is 14.4. The number of rotatable bonds is 15. The summed E-state index contributed by atoms with van der Waals surface area (Å²) < 4.78 is 5.01. The van der Waals surface area contributed by atoms with Crippen molar-refractivity contribution in [2.24, 2.45) is 0 Å². The molecule has 214 valence electrons. The highest BCUT2D eigenvalue weighted by atomic mass is 16.3. The Hall–Kier alpha value is -3.69. The second kappa shape index (κ2) is 14.1. The largest absolute Gasteiger partial charge is 0.399 e. The molecule has 40 heavy (non-hydrogen) atoms. The number of nitrogen functional groups attached to an aromatic ring is 1. The summed E-state index contributed by atoms with van der Waals surface area (Å²) in [5.41, 5.74) is 9.25. The van der Waals surface area contributed by atoms with Crippen LogP contribution in [0.1, 0.15) is 56.5 Å². The van der Waals surface area contributed by atoms with Gasteiger partial charge in [0.25, 0.3) is 5.56 Å². The molecule has 0 aliphatic heterocycles. The molecule has 2 heterocycles. The van der Waals surface area contributed by atoms with Crippen LogP contribution in [0.25, 0.3) is 11.2 Å². The van der Waals surface area contributed by atoms with Crippen molar-refractivity contribution in [1.82, 2.24) is 24.0 Å². The van der Waals surface area contributed by atoms with Crippen LogP contribution in [0.2, 0.25) is 0 Å². The van der Waals surface area contributed by atoms with Crippen LogP contribution < -0.4 is 22.3 Å². The monoisotopic (exact) mass is 546 g/mol. The highest BCUT2D eigenvalue weighted by Gasteiger charge is 2.21. The molecule has 4 aromatic rings. The zero-order valence-corrected chi connectivity index (χ0v) is 23.7. The number of benzene rings is 2. The topological polar surface area (TPSA) is 120 Å². The number of unbranched alkanes of at least 4 members (excludes halogenated alkanes) is 1. The third kappa shape index (κ3) is 7.08. The van der Waals surface area contributed by atoms with Gasteiger partial charge in [-0.15, -0.1) is 0 Å². The molecule has 0 radical (unpaired) electrons. The number of hydrogen-bond donors (Lipinski definition) is 3. The average Bonchev–Trinajstić information content (AvgIpc) is 3.31. The molecule has 9 heteroatoms. The van der Waals surface area contributed by atoms with Crippen LogP contribution in [-0.2, 0) is 32.5 Å². The Labute approximate surface area is 235 Å². The summed E-state index contributed by atoms with van der Waals surface area (Å²) in [5, 5.41) is 13.2. The van der Waals surface area contributed by atoms with Gasteiger partial charge in [0.2, 0.25) is 0 Å². The molecule has 0 fully saturated rings. The Kier molecular flexibility index (Phi) is 10.3. The minimum atomic E-state index is -0.414. The van der Waals surface area contributed by atoms with Gasteiger partial charge >= 0.3 is 5.69 Å². The lowest BCUT2D eigenvalue weighted by Gasteiger charge is -2.14. The smallest absolute Gasteiger partial charge is 0.332 e. The molecule has 4 rings (SSSR count). The van der Waals surface area contributed by atoms with Crippen molar-refractivity contribution in [2.75, 3.05) is 18.8 Å². The van der Waals surface area contributed by atoms with Crippen LogP contribution in [0.4, 0.5) is 5.69 Å². The number of hydrogen-bond acceptors (Lipinski definition) is 6. The molecule has 2 aromatic heterocycles. The minimum Gasteiger partial charge on any atom is -0.399 e. The van der Waals surface area contributed by atoms with Gasteiger partial charge in [-0.2, -0.15) is 0 Å². The van der Waals surface area contributed by atoms with E-state index in [0.717, 1.165) is 36.3 Å². The Bertz CT molecular complexity index is 1510. The molecule has 0 spiro atoms. The molecular weight excluding hydrogens is 504 g/mol. The van der Waals surface area contributed by atoms with Crippen molar-refractivity contribution >= 4 is 16.9 Å². The number of nitrogens with two attached hydrogens (primary N) is 1. The van der Waals surface area contributed by atoms with Gasteiger partial charge in [-0.25, -0.2) is 9.78 Å². The standard InChI is InChI=1S/C31H42N6O3/c1-3-17-37-30(39)28-29(36(31(37)40)18-9-8-13-23-14-10-15-25(32)20-23)34-27(21-24-11-6-5-7-12-24)35(28)19-16-33-22-26(38)4-2/h5-7,10-12,14-15,20,26,33,38H,3-4,8-9,13,16-19,21-22,32H2,1-2H3. The fourth-order valence-corrected chi connectivity index (χ4v) is 5.06. The number of aryl methyl sites for hydroxylation is 2. The predicted molar refractivity (Wildman–Crippen MR) is 161 cm³/mol. The van der Waals surface area contributed by atoms with Crippen LogP contribution >= 0.6 is 0 Å². The summed E-state index contributed by atoms with van der Waals surface area (Å²) in [5.74, 6) is 0.748. The highest BCUT2D eigenvalue weighted by molar-refractivity contribution is 5.71. The molecule has 0 amide bonds. The molecule has 9 nitrogen and oxygen atoms in total. The molecule has 0 saturated heterocycles. The van der Waals surface area contributed by atoms with Crippen molar-refractivity contribution in [2.45, 2.75) is 78.1 Å². The number of nitrogens with one attached hydrogen (secondary N) is 1. The fourth-order valence-electron chi connectivity index (χ4n) is 5.06. The van der Waals surface area contributed by atoms with Gasteiger partial charge in [0, 0.05) is 44.8 Å². The number of anilines is 1. The SMILES string of the molecule is CCCn1c(=O)c2c(nc(Cc3ccccc3)n2CCNCC(O)CC)n(CCCCc2cccc(N)c2)c1=O. The van der Waals surface area contributed by atoms with Gasteiger partial charge in [0.15, 0.2) is 11.2 Å². The van der Waals surface area contributed by atoms with Gasteiger partial charge in [-0.1, -0.05) is 56.3 Å². The number of nitrogens with zero attached hydrogens (tertiary/aromatic N) is 4. The van der Waals surface area contributed by atoms with E-state index >= 15 is 0 Å². The summed E-state index contributed by atoms with van der Waals surface area (Å²) >= 11 is 0. The number of fused-ring (bicyclic) bond motifs is 1. The van der Waals surface area contributed by atoms with Crippen molar-refractivity contribution in [3.05, 3.63) is 92.4 Å². The molecule has 4 N–H and O–H groups in total. The molecule has 2 aromatic carbocycles. The van der Waals surface area contributed by atoms with Crippen LogP contribution in [0.5, 0.6) is 0 Å². The van der Waals surface area contributed by atoms with Crippen LogP contribution in [0.3, 0.4) is 0 Å². The predicted octanol–water partition coefficient (Wildman–Crippen LogP) is 3.33. The highest BCUT2D eigenvalue weighted by Crippen LogP contribution is 2.17. The maximum absolute atomic E-state index is 13.7. The zero-order chi connectivity index (χ0) is 28.5.